The maximum absolute atomic E-state index is 13.8. The first kappa shape index (κ1) is 29.4. The van der Waals surface area contributed by atoms with Gasteiger partial charge < -0.3 is 24.8 Å². The summed E-state index contributed by atoms with van der Waals surface area (Å²) in [5.74, 6) is 1.40. The molecule has 2 aliphatic rings. The lowest BCUT2D eigenvalue weighted by Crippen LogP contribution is -2.47. The molecule has 1 amide bonds. The van der Waals surface area contributed by atoms with Gasteiger partial charge in [-0.25, -0.2) is 0 Å². The van der Waals surface area contributed by atoms with Crippen LogP contribution in [-0.2, 0) is 13.6 Å². The maximum atomic E-state index is 13.8. The van der Waals surface area contributed by atoms with Crippen molar-refractivity contribution in [1.82, 2.24) is 19.6 Å². The fraction of sp³-hybridized carbons (Fsp3) is 0.500. The normalized spacial score (nSPS) is 16.1. The minimum absolute atomic E-state index is 0.160. The van der Waals surface area contributed by atoms with Gasteiger partial charge in [-0.1, -0.05) is 38.4 Å². The number of fused-ring (bicyclic) bond motifs is 2. The summed E-state index contributed by atoms with van der Waals surface area (Å²) in [4.78, 5) is 20.7. The Bertz CT molecular complexity index is 1370. The van der Waals surface area contributed by atoms with E-state index in [4.69, 9.17) is 16.3 Å². The highest BCUT2D eigenvalue weighted by Gasteiger charge is 2.28. The summed E-state index contributed by atoms with van der Waals surface area (Å²) >= 11 is 6.67. The third-order valence-electron chi connectivity index (χ3n) is 7.99. The smallest absolute Gasteiger partial charge is 0.260 e. The van der Waals surface area contributed by atoms with Gasteiger partial charge in [0.25, 0.3) is 5.91 Å². The van der Waals surface area contributed by atoms with Crippen LogP contribution in [0.1, 0.15) is 55.1 Å². The molecule has 1 N–H and O–H groups in total. The fourth-order valence-electron chi connectivity index (χ4n) is 5.42. The average molecular weight is 579 g/mol. The number of rotatable bonds is 8. The molecule has 0 unspecified atom stereocenters. The molecule has 0 spiro atoms. The molecule has 2 aromatic carbocycles. The van der Waals surface area contributed by atoms with Crippen LogP contribution in [0.2, 0.25) is 5.02 Å². The number of amides is 1. The SMILES string of the molecule is Cc1ccc2c(c1)Nc1c(cnn1C)CN2C(=O)c1ccc(OCCCN2CCN(CCC(C)(C)C)CC2)cc1Cl. The Hall–Kier alpha value is -3.07. The van der Waals surface area contributed by atoms with E-state index in [9.17, 15) is 4.79 Å². The third-order valence-corrected chi connectivity index (χ3v) is 8.30. The van der Waals surface area contributed by atoms with Gasteiger partial charge in [0.1, 0.15) is 11.6 Å². The number of aryl methyl sites for hydroxylation is 2. The first-order chi connectivity index (χ1) is 19.6. The van der Waals surface area contributed by atoms with Gasteiger partial charge in [-0.3, -0.25) is 9.48 Å². The zero-order chi connectivity index (χ0) is 29.1. The fourth-order valence-corrected chi connectivity index (χ4v) is 5.67. The standard InChI is InChI=1S/C32H43ClN6O2/c1-23-7-10-29-28(19-23)35-30-24(21-34-36(30)5)22-39(29)31(40)26-9-8-25(20-27(26)33)41-18-6-12-37-14-16-38(17-15-37)13-11-32(2,3)4/h7-10,19-21,35H,6,11-18,22H2,1-5H3. The number of carbonyl (C=O) groups excluding carboxylic acids is 1. The molecule has 3 aromatic rings. The molecule has 0 aliphatic carbocycles. The molecule has 8 nitrogen and oxygen atoms in total. The Kier molecular flexibility index (Phi) is 8.92. The van der Waals surface area contributed by atoms with Crippen LogP contribution in [0.5, 0.6) is 5.75 Å². The van der Waals surface area contributed by atoms with E-state index >= 15 is 0 Å². The quantitative estimate of drug-likeness (QED) is 0.325. The topological polar surface area (TPSA) is 65.9 Å². The molecule has 0 saturated carbocycles. The molecule has 0 radical (unpaired) electrons. The number of halogens is 1. The summed E-state index contributed by atoms with van der Waals surface area (Å²) < 4.78 is 7.82. The molecule has 220 valence electrons. The van der Waals surface area contributed by atoms with Crippen LogP contribution in [0.4, 0.5) is 17.2 Å². The van der Waals surface area contributed by atoms with Crippen molar-refractivity contribution in [2.75, 3.05) is 56.1 Å². The summed E-state index contributed by atoms with van der Waals surface area (Å²) in [5, 5.41) is 8.23. The van der Waals surface area contributed by atoms with E-state index in [-0.39, 0.29) is 5.91 Å². The number of ether oxygens (including phenoxy) is 1. The Morgan fingerprint density at radius 3 is 2.49 bits per heavy atom. The molecule has 3 heterocycles. The first-order valence-electron chi connectivity index (χ1n) is 14.6. The number of nitrogens with one attached hydrogen (secondary N) is 1. The molecular weight excluding hydrogens is 536 g/mol. The minimum Gasteiger partial charge on any atom is -0.493 e. The number of hydrogen-bond acceptors (Lipinski definition) is 6. The highest BCUT2D eigenvalue weighted by atomic mass is 35.5. The van der Waals surface area contributed by atoms with E-state index in [1.807, 2.05) is 38.2 Å². The molecule has 1 fully saturated rings. The van der Waals surface area contributed by atoms with E-state index in [0.29, 0.717) is 34.9 Å². The van der Waals surface area contributed by atoms with E-state index in [0.717, 1.165) is 67.5 Å². The van der Waals surface area contributed by atoms with Crippen LogP contribution >= 0.6 is 11.6 Å². The number of piperazine rings is 1. The van der Waals surface area contributed by atoms with Crippen LogP contribution in [0.3, 0.4) is 0 Å². The summed E-state index contributed by atoms with van der Waals surface area (Å²) in [6.07, 6.45) is 3.99. The van der Waals surface area contributed by atoms with Crippen molar-refractivity contribution in [3.05, 3.63) is 64.3 Å². The molecular formula is C32H43ClN6O2. The Morgan fingerprint density at radius 1 is 1.05 bits per heavy atom. The molecule has 5 rings (SSSR count). The minimum atomic E-state index is -0.160. The lowest BCUT2D eigenvalue weighted by atomic mass is 9.92. The predicted octanol–water partition coefficient (Wildman–Crippen LogP) is 6.11. The molecule has 1 aromatic heterocycles. The van der Waals surface area contributed by atoms with Crippen LogP contribution in [0.25, 0.3) is 0 Å². The second-order valence-electron chi connectivity index (χ2n) is 12.5. The molecule has 0 atom stereocenters. The Morgan fingerprint density at radius 2 is 1.78 bits per heavy atom. The summed E-state index contributed by atoms with van der Waals surface area (Å²) in [6, 6.07) is 11.4. The van der Waals surface area contributed by atoms with Gasteiger partial charge in [0.15, 0.2) is 0 Å². The number of carbonyl (C=O) groups is 1. The van der Waals surface area contributed by atoms with Crippen molar-refractivity contribution in [2.24, 2.45) is 12.5 Å². The number of hydrogen-bond donors (Lipinski definition) is 1. The Balaban J connectivity index is 1.16. The van der Waals surface area contributed by atoms with Gasteiger partial charge in [0, 0.05) is 45.3 Å². The van der Waals surface area contributed by atoms with Crippen LogP contribution in [0, 0.1) is 12.3 Å². The van der Waals surface area contributed by atoms with Crippen molar-refractivity contribution >= 4 is 34.7 Å². The van der Waals surface area contributed by atoms with Crippen molar-refractivity contribution in [3.63, 3.8) is 0 Å². The lowest BCUT2D eigenvalue weighted by molar-refractivity contribution is 0.0985. The highest BCUT2D eigenvalue weighted by Crippen LogP contribution is 2.38. The van der Waals surface area contributed by atoms with Gasteiger partial charge in [-0.15, -0.1) is 0 Å². The summed E-state index contributed by atoms with van der Waals surface area (Å²) in [6.45, 7) is 16.7. The van der Waals surface area contributed by atoms with Crippen molar-refractivity contribution in [2.45, 2.75) is 47.1 Å². The van der Waals surface area contributed by atoms with Gasteiger partial charge in [-0.2, -0.15) is 5.10 Å². The zero-order valence-corrected chi connectivity index (χ0v) is 25.8. The number of aromatic nitrogens is 2. The molecule has 1 saturated heterocycles. The number of anilines is 3. The van der Waals surface area contributed by atoms with Crippen LogP contribution in [-0.4, -0.2) is 71.4 Å². The average Bonchev–Trinajstić information content (AvgIpc) is 3.18. The molecule has 9 heteroatoms. The lowest BCUT2D eigenvalue weighted by Gasteiger charge is -2.35. The van der Waals surface area contributed by atoms with Gasteiger partial charge in [-0.05, 0) is 67.6 Å². The molecule has 0 bridgehead atoms. The van der Waals surface area contributed by atoms with Crippen molar-refractivity contribution in [1.29, 1.82) is 0 Å². The highest BCUT2D eigenvalue weighted by molar-refractivity contribution is 6.34. The van der Waals surface area contributed by atoms with Crippen LogP contribution < -0.4 is 15.0 Å². The van der Waals surface area contributed by atoms with Crippen LogP contribution in [0.15, 0.2) is 42.6 Å². The van der Waals surface area contributed by atoms with E-state index in [1.165, 1.54) is 13.0 Å². The predicted molar refractivity (Wildman–Crippen MR) is 167 cm³/mol. The molecule has 41 heavy (non-hydrogen) atoms. The van der Waals surface area contributed by atoms with Crippen molar-refractivity contribution < 1.29 is 9.53 Å². The largest absolute Gasteiger partial charge is 0.493 e. The summed E-state index contributed by atoms with van der Waals surface area (Å²) in [5.41, 5.74) is 4.56. The third kappa shape index (κ3) is 7.23. The van der Waals surface area contributed by atoms with Gasteiger partial charge >= 0.3 is 0 Å². The Labute approximate surface area is 249 Å². The van der Waals surface area contributed by atoms with Gasteiger partial charge in [0.2, 0.25) is 0 Å². The van der Waals surface area contributed by atoms with Crippen molar-refractivity contribution in [3.8, 4) is 5.75 Å². The second-order valence-corrected chi connectivity index (χ2v) is 12.9. The first-order valence-corrected chi connectivity index (χ1v) is 15.0. The maximum Gasteiger partial charge on any atom is 0.260 e. The van der Waals surface area contributed by atoms with E-state index < -0.39 is 0 Å². The zero-order valence-electron chi connectivity index (χ0n) is 25.0. The molecule has 2 aliphatic heterocycles. The monoisotopic (exact) mass is 578 g/mol. The van der Waals surface area contributed by atoms with E-state index in [2.05, 4.69) is 41.0 Å². The van der Waals surface area contributed by atoms with E-state index in [1.54, 1.807) is 27.9 Å². The summed E-state index contributed by atoms with van der Waals surface area (Å²) in [7, 11) is 1.89. The number of benzene rings is 2. The number of nitrogens with zero attached hydrogens (tertiary/aromatic N) is 5. The second kappa shape index (κ2) is 12.4. The van der Waals surface area contributed by atoms with Gasteiger partial charge in [0.05, 0.1) is 41.3 Å².